The Balaban J connectivity index is 2.20. The fraction of sp³-hybridized carbons (Fsp3) is 0.583. The normalized spacial score (nSPS) is 11.8. The van der Waals surface area contributed by atoms with Crippen LogP contribution in [0.5, 0.6) is 0 Å². The highest BCUT2D eigenvalue weighted by molar-refractivity contribution is 7.90. The van der Waals surface area contributed by atoms with Crippen molar-refractivity contribution in [2.24, 2.45) is 0 Å². The molecule has 0 N–H and O–H groups in total. The van der Waals surface area contributed by atoms with E-state index in [9.17, 15) is 8.42 Å². The summed E-state index contributed by atoms with van der Waals surface area (Å²) in [5.74, 6) is 0. The maximum atomic E-state index is 13.4. The van der Waals surface area contributed by atoms with Crippen molar-refractivity contribution in [3.8, 4) is 0 Å². The van der Waals surface area contributed by atoms with Gasteiger partial charge in [-0.15, -0.1) is 0 Å². The second-order valence-corrected chi connectivity index (χ2v) is 9.57. The number of unbranched alkanes of at least 4 members (excludes halogenated alkanes) is 5. The second-order valence-electron chi connectivity index (χ2n) is 7.78. The molecule has 0 bridgehead atoms. The van der Waals surface area contributed by atoms with Gasteiger partial charge in [-0.25, -0.2) is 12.4 Å². The zero-order valence-corrected chi connectivity index (χ0v) is 19.1. The van der Waals surface area contributed by atoms with Gasteiger partial charge in [0.1, 0.15) is 0 Å². The summed E-state index contributed by atoms with van der Waals surface area (Å²) in [6, 6.07) is 11.1. The minimum absolute atomic E-state index is 0.347. The molecule has 162 valence electrons. The van der Waals surface area contributed by atoms with Crippen LogP contribution in [0.15, 0.2) is 41.3 Å². The first-order chi connectivity index (χ1) is 14.0. The third-order valence-corrected chi connectivity index (χ3v) is 7.05. The Bertz CT molecular complexity index is 822. The minimum Gasteiger partial charge on any atom is -0.381 e. The monoisotopic (exact) mass is 419 g/mol. The van der Waals surface area contributed by atoms with Gasteiger partial charge in [0.05, 0.1) is 11.5 Å². The van der Waals surface area contributed by atoms with Crippen LogP contribution in [0.2, 0.25) is 0 Å². The van der Waals surface area contributed by atoms with E-state index >= 15 is 0 Å². The van der Waals surface area contributed by atoms with Crippen molar-refractivity contribution >= 4 is 10.0 Å². The number of nitrogens with zero attached hydrogens (tertiary/aromatic N) is 1. The molecule has 0 amide bonds. The van der Waals surface area contributed by atoms with Crippen molar-refractivity contribution in [2.45, 2.75) is 83.5 Å². The number of benzene rings is 1. The van der Waals surface area contributed by atoms with Crippen molar-refractivity contribution in [1.82, 2.24) is 3.97 Å². The molecular formula is C24H37NO3S. The van der Waals surface area contributed by atoms with Crippen LogP contribution in [-0.4, -0.2) is 25.6 Å². The van der Waals surface area contributed by atoms with E-state index < -0.39 is 10.0 Å². The predicted molar refractivity (Wildman–Crippen MR) is 120 cm³/mol. The molecule has 0 radical (unpaired) electrons. The van der Waals surface area contributed by atoms with Gasteiger partial charge >= 0.3 is 0 Å². The van der Waals surface area contributed by atoms with Crippen LogP contribution in [0.1, 0.15) is 75.7 Å². The highest BCUT2D eigenvalue weighted by Crippen LogP contribution is 2.23. The number of hydrogen-bond acceptors (Lipinski definition) is 3. The van der Waals surface area contributed by atoms with E-state index in [-0.39, 0.29) is 0 Å². The number of hydrogen-bond donors (Lipinski definition) is 0. The molecule has 0 spiro atoms. The fourth-order valence-electron chi connectivity index (χ4n) is 3.47. The Kier molecular flexibility index (Phi) is 9.95. The molecule has 1 aromatic carbocycles. The molecule has 2 rings (SSSR count). The zero-order valence-electron chi connectivity index (χ0n) is 18.3. The quantitative estimate of drug-likeness (QED) is 0.358. The lowest BCUT2D eigenvalue weighted by Gasteiger charge is -2.15. The molecule has 5 heteroatoms. The largest absolute Gasteiger partial charge is 0.381 e. The van der Waals surface area contributed by atoms with Gasteiger partial charge in [0.2, 0.25) is 0 Å². The van der Waals surface area contributed by atoms with E-state index in [0.717, 1.165) is 49.2 Å². The van der Waals surface area contributed by atoms with Crippen LogP contribution in [0.3, 0.4) is 0 Å². The number of rotatable bonds is 14. The van der Waals surface area contributed by atoms with E-state index in [4.69, 9.17) is 4.74 Å². The first kappa shape index (κ1) is 23.7. The lowest BCUT2D eigenvalue weighted by Crippen LogP contribution is -2.19. The summed E-state index contributed by atoms with van der Waals surface area (Å²) in [5, 5.41) is 0. The minimum atomic E-state index is -3.61. The maximum Gasteiger partial charge on any atom is 0.268 e. The molecule has 0 aliphatic heterocycles. The van der Waals surface area contributed by atoms with Gasteiger partial charge < -0.3 is 4.74 Å². The lowest BCUT2D eigenvalue weighted by atomic mass is 10.1. The summed E-state index contributed by atoms with van der Waals surface area (Å²) in [6.07, 6.45) is 9.27. The van der Waals surface area contributed by atoms with Crippen LogP contribution >= 0.6 is 0 Å². The number of aryl methyl sites for hydroxylation is 2. The highest BCUT2D eigenvalue weighted by atomic mass is 32.2. The van der Waals surface area contributed by atoms with Gasteiger partial charge in [0, 0.05) is 24.4 Å². The summed E-state index contributed by atoms with van der Waals surface area (Å²) in [6.45, 7) is 7.61. The van der Waals surface area contributed by atoms with Gasteiger partial charge in [-0.1, -0.05) is 63.6 Å². The summed E-state index contributed by atoms with van der Waals surface area (Å²) in [4.78, 5) is 0.347. The molecule has 1 heterocycles. The predicted octanol–water partition coefficient (Wildman–Crippen LogP) is 5.91. The van der Waals surface area contributed by atoms with Gasteiger partial charge in [0.25, 0.3) is 10.0 Å². The van der Waals surface area contributed by atoms with Gasteiger partial charge in [-0.2, -0.15) is 0 Å². The van der Waals surface area contributed by atoms with E-state index in [1.54, 1.807) is 16.1 Å². The van der Waals surface area contributed by atoms with Crippen LogP contribution in [0, 0.1) is 6.92 Å². The fourth-order valence-corrected chi connectivity index (χ4v) is 5.08. The summed E-state index contributed by atoms with van der Waals surface area (Å²) in [7, 11) is -3.61. The topological polar surface area (TPSA) is 48.3 Å². The number of ether oxygens (including phenoxy) is 1. The van der Waals surface area contributed by atoms with Gasteiger partial charge in [-0.05, 0) is 50.5 Å². The summed E-state index contributed by atoms with van der Waals surface area (Å²) >= 11 is 0. The molecule has 4 nitrogen and oxygen atoms in total. The molecule has 0 unspecified atom stereocenters. The Morgan fingerprint density at radius 3 is 2.03 bits per heavy atom. The van der Waals surface area contributed by atoms with E-state index in [2.05, 4.69) is 13.8 Å². The lowest BCUT2D eigenvalue weighted by molar-refractivity contribution is 0.132. The zero-order chi connectivity index (χ0) is 21.1. The average molecular weight is 420 g/mol. The second kappa shape index (κ2) is 12.2. The third kappa shape index (κ3) is 7.00. The van der Waals surface area contributed by atoms with Crippen molar-refractivity contribution in [3.05, 3.63) is 53.3 Å². The van der Waals surface area contributed by atoms with E-state index in [0.29, 0.717) is 17.9 Å². The first-order valence-corrected chi connectivity index (χ1v) is 12.5. The Morgan fingerprint density at radius 1 is 0.759 bits per heavy atom. The number of aromatic nitrogens is 1. The molecule has 0 fully saturated rings. The molecule has 0 atom stereocenters. The molecule has 1 aromatic heterocycles. The molecule has 2 aromatic rings. The van der Waals surface area contributed by atoms with Crippen LogP contribution in [0.25, 0.3) is 0 Å². The molecule has 0 saturated heterocycles. The van der Waals surface area contributed by atoms with Crippen LogP contribution in [-0.2, 0) is 27.6 Å². The third-order valence-electron chi connectivity index (χ3n) is 5.23. The average Bonchev–Trinajstić information content (AvgIpc) is 3.12. The SMILES string of the molecule is CCCCCCc1ccc(CCOCCCCC)n1S(=O)(=O)c1ccc(C)cc1. The van der Waals surface area contributed by atoms with Crippen molar-refractivity contribution in [3.63, 3.8) is 0 Å². The van der Waals surface area contributed by atoms with Gasteiger partial charge in [0.15, 0.2) is 0 Å². The Labute approximate surface area is 177 Å². The molecule has 0 aliphatic rings. The molecule has 0 aliphatic carbocycles. The maximum absolute atomic E-state index is 13.4. The molecular weight excluding hydrogens is 382 g/mol. The summed E-state index contributed by atoms with van der Waals surface area (Å²) < 4.78 is 34.2. The molecule has 29 heavy (non-hydrogen) atoms. The van der Waals surface area contributed by atoms with E-state index in [1.165, 1.54) is 25.7 Å². The Morgan fingerprint density at radius 2 is 1.38 bits per heavy atom. The smallest absolute Gasteiger partial charge is 0.268 e. The van der Waals surface area contributed by atoms with Crippen molar-refractivity contribution < 1.29 is 13.2 Å². The highest BCUT2D eigenvalue weighted by Gasteiger charge is 2.22. The molecule has 0 saturated carbocycles. The Hall–Kier alpha value is -1.59. The van der Waals surface area contributed by atoms with Crippen LogP contribution in [0.4, 0.5) is 0 Å². The van der Waals surface area contributed by atoms with E-state index in [1.807, 2.05) is 31.2 Å². The van der Waals surface area contributed by atoms with Gasteiger partial charge in [-0.3, -0.25) is 0 Å². The van der Waals surface area contributed by atoms with Crippen LogP contribution < -0.4 is 0 Å². The standard InChI is InChI=1S/C24H37NO3S/c1-4-6-8-9-11-22-14-15-23(18-20-28-19-10-7-5-2)25(22)29(26,27)24-16-12-21(3)13-17-24/h12-17H,4-11,18-20H2,1-3H3. The van der Waals surface area contributed by atoms with Crippen molar-refractivity contribution in [2.75, 3.05) is 13.2 Å². The summed E-state index contributed by atoms with van der Waals surface area (Å²) in [5.41, 5.74) is 2.74. The van der Waals surface area contributed by atoms with Crippen molar-refractivity contribution in [1.29, 1.82) is 0 Å². The first-order valence-electron chi connectivity index (χ1n) is 11.1.